The van der Waals surface area contributed by atoms with Crippen LogP contribution in [0.25, 0.3) is 11.0 Å². The van der Waals surface area contributed by atoms with Crippen LogP contribution in [0.5, 0.6) is 0 Å². The summed E-state index contributed by atoms with van der Waals surface area (Å²) in [7, 11) is 0. The average Bonchev–Trinajstić information content (AvgIpc) is 2.70. The van der Waals surface area contributed by atoms with Crippen molar-refractivity contribution in [2.24, 2.45) is 5.41 Å². The molecule has 1 aromatic carbocycles. The van der Waals surface area contributed by atoms with Gasteiger partial charge in [0, 0.05) is 5.39 Å². The number of aliphatic hydroxyl groups excluding tert-OH is 1. The molecule has 1 unspecified atom stereocenters. The largest absolute Gasteiger partial charge is 0.458 e. The number of hydrogen-bond donors (Lipinski definition) is 1. The summed E-state index contributed by atoms with van der Waals surface area (Å²) in [4.78, 5) is 0. The van der Waals surface area contributed by atoms with Gasteiger partial charge in [0.05, 0.1) is 0 Å². The van der Waals surface area contributed by atoms with E-state index in [9.17, 15) is 9.50 Å². The van der Waals surface area contributed by atoms with Gasteiger partial charge >= 0.3 is 0 Å². The van der Waals surface area contributed by atoms with Gasteiger partial charge in [-0.15, -0.1) is 0 Å². The van der Waals surface area contributed by atoms with Gasteiger partial charge in [-0.05, 0) is 36.1 Å². The lowest BCUT2D eigenvalue weighted by Crippen LogP contribution is -2.20. The second-order valence-electron chi connectivity index (χ2n) is 5.08. The Balaban J connectivity index is 2.43. The lowest BCUT2D eigenvalue weighted by Gasteiger charge is -2.27. The third kappa shape index (κ3) is 2.20. The van der Waals surface area contributed by atoms with Gasteiger partial charge in [-0.3, -0.25) is 0 Å². The maximum Gasteiger partial charge on any atom is 0.134 e. The van der Waals surface area contributed by atoms with Crippen LogP contribution in [-0.2, 0) is 0 Å². The molecule has 0 saturated carbocycles. The van der Waals surface area contributed by atoms with Gasteiger partial charge in [0.1, 0.15) is 23.3 Å². The highest BCUT2D eigenvalue weighted by molar-refractivity contribution is 5.77. The molecule has 2 aromatic rings. The van der Waals surface area contributed by atoms with Crippen molar-refractivity contribution >= 4 is 11.0 Å². The Kier molecular flexibility index (Phi) is 2.96. The molecule has 2 nitrogen and oxygen atoms in total. The Labute approximate surface area is 100 Å². The van der Waals surface area contributed by atoms with Crippen LogP contribution in [-0.4, -0.2) is 5.11 Å². The van der Waals surface area contributed by atoms with Crippen LogP contribution >= 0.6 is 0 Å². The maximum absolute atomic E-state index is 13.0. The van der Waals surface area contributed by atoms with E-state index >= 15 is 0 Å². The molecule has 1 N–H and O–H groups in total. The summed E-state index contributed by atoms with van der Waals surface area (Å²) >= 11 is 0. The molecule has 17 heavy (non-hydrogen) atoms. The first-order valence-electron chi connectivity index (χ1n) is 5.81. The van der Waals surface area contributed by atoms with Crippen LogP contribution in [0.2, 0.25) is 0 Å². The molecule has 0 aliphatic carbocycles. The average molecular weight is 236 g/mol. The molecule has 0 aliphatic heterocycles. The SMILES string of the molecule is CCC(C)(C)C(O)c1cc2cc(F)ccc2o1. The van der Waals surface area contributed by atoms with Crippen LogP contribution in [0.4, 0.5) is 4.39 Å². The number of furan rings is 1. The zero-order valence-corrected chi connectivity index (χ0v) is 10.3. The first kappa shape index (κ1) is 12.1. The van der Waals surface area contributed by atoms with Crippen LogP contribution in [0.1, 0.15) is 39.1 Å². The van der Waals surface area contributed by atoms with Crippen molar-refractivity contribution in [3.63, 3.8) is 0 Å². The highest BCUT2D eigenvalue weighted by atomic mass is 19.1. The van der Waals surface area contributed by atoms with E-state index in [1.165, 1.54) is 12.1 Å². The second kappa shape index (κ2) is 4.15. The second-order valence-corrected chi connectivity index (χ2v) is 5.08. The summed E-state index contributed by atoms with van der Waals surface area (Å²) in [6.45, 7) is 5.97. The highest BCUT2D eigenvalue weighted by Gasteiger charge is 2.29. The molecule has 0 aliphatic rings. The van der Waals surface area contributed by atoms with Crippen molar-refractivity contribution < 1.29 is 13.9 Å². The van der Waals surface area contributed by atoms with Crippen LogP contribution in [0.15, 0.2) is 28.7 Å². The van der Waals surface area contributed by atoms with Crippen molar-refractivity contribution in [3.8, 4) is 0 Å². The van der Waals surface area contributed by atoms with Crippen molar-refractivity contribution in [2.75, 3.05) is 0 Å². The number of fused-ring (bicyclic) bond motifs is 1. The number of benzene rings is 1. The van der Waals surface area contributed by atoms with Gasteiger partial charge in [-0.1, -0.05) is 20.8 Å². The van der Waals surface area contributed by atoms with Gasteiger partial charge in [0.25, 0.3) is 0 Å². The molecule has 0 saturated heterocycles. The number of aliphatic hydroxyl groups is 1. The molecule has 0 fully saturated rings. The molecular formula is C14H17FO2. The van der Waals surface area contributed by atoms with Crippen molar-refractivity contribution in [3.05, 3.63) is 35.8 Å². The molecule has 2 rings (SSSR count). The molecule has 0 spiro atoms. The van der Waals surface area contributed by atoms with Crippen LogP contribution in [0.3, 0.4) is 0 Å². The lowest BCUT2D eigenvalue weighted by atomic mass is 9.83. The van der Waals surface area contributed by atoms with Gasteiger partial charge in [-0.2, -0.15) is 0 Å². The van der Waals surface area contributed by atoms with Gasteiger partial charge in [0.15, 0.2) is 0 Å². The summed E-state index contributed by atoms with van der Waals surface area (Å²) in [6.07, 6.45) is 0.155. The van der Waals surface area contributed by atoms with E-state index in [4.69, 9.17) is 4.42 Å². The van der Waals surface area contributed by atoms with E-state index in [0.717, 1.165) is 6.42 Å². The normalized spacial score (nSPS) is 14.2. The minimum Gasteiger partial charge on any atom is -0.458 e. The zero-order valence-electron chi connectivity index (χ0n) is 10.3. The maximum atomic E-state index is 13.0. The molecule has 1 aromatic heterocycles. The van der Waals surface area contributed by atoms with Gasteiger partial charge in [0.2, 0.25) is 0 Å². The number of halogens is 1. The Bertz CT molecular complexity index is 528. The fourth-order valence-electron chi connectivity index (χ4n) is 1.75. The predicted octanol–water partition coefficient (Wildman–Crippen LogP) is 4.04. The highest BCUT2D eigenvalue weighted by Crippen LogP contribution is 2.38. The third-order valence-corrected chi connectivity index (χ3v) is 3.42. The van der Waals surface area contributed by atoms with Crippen LogP contribution < -0.4 is 0 Å². The summed E-state index contributed by atoms with van der Waals surface area (Å²) in [5, 5.41) is 10.9. The smallest absolute Gasteiger partial charge is 0.134 e. The minimum atomic E-state index is -0.678. The van der Waals surface area contributed by atoms with E-state index in [0.29, 0.717) is 16.7 Å². The molecule has 92 valence electrons. The summed E-state index contributed by atoms with van der Waals surface area (Å²) < 4.78 is 18.6. The first-order chi connectivity index (χ1) is 7.94. The van der Waals surface area contributed by atoms with E-state index in [-0.39, 0.29) is 11.2 Å². The number of rotatable bonds is 3. The molecule has 0 amide bonds. The predicted molar refractivity (Wildman–Crippen MR) is 65.2 cm³/mol. The van der Waals surface area contributed by atoms with E-state index < -0.39 is 6.10 Å². The van der Waals surface area contributed by atoms with Crippen molar-refractivity contribution in [1.82, 2.24) is 0 Å². The summed E-state index contributed by atoms with van der Waals surface area (Å²) in [5.41, 5.74) is 0.347. The standard InChI is InChI=1S/C14H17FO2/c1-4-14(2,3)13(16)12-8-9-7-10(15)5-6-11(9)17-12/h5-8,13,16H,4H2,1-3H3. The van der Waals surface area contributed by atoms with Crippen molar-refractivity contribution in [2.45, 2.75) is 33.3 Å². The monoisotopic (exact) mass is 236 g/mol. The lowest BCUT2D eigenvalue weighted by molar-refractivity contribution is 0.0300. The molecule has 3 heteroatoms. The molecule has 0 radical (unpaired) electrons. The molecule has 1 atom stereocenters. The fourth-order valence-corrected chi connectivity index (χ4v) is 1.75. The molecular weight excluding hydrogens is 219 g/mol. The zero-order chi connectivity index (χ0) is 12.6. The topological polar surface area (TPSA) is 33.4 Å². The van der Waals surface area contributed by atoms with E-state index in [1.807, 2.05) is 20.8 Å². The Morgan fingerprint density at radius 2 is 2.06 bits per heavy atom. The van der Waals surface area contributed by atoms with Gasteiger partial charge < -0.3 is 9.52 Å². The van der Waals surface area contributed by atoms with Crippen molar-refractivity contribution in [1.29, 1.82) is 0 Å². The van der Waals surface area contributed by atoms with Gasteiger partial charge in [-0.25, -0.2) is 4.39 Å². The van der Waals surface area contributed by atoms with E-state index in [2.05, 4.69) is 0 Å². The Morgan fingerprint density at radius 1 is 1.35 bits per heavy atom. The Hall–Kier alpha value is -1.35. The quantitative estimate of drug-likeness (QED) is 0.872. The number of hydrogen-bond acceptors (Lipinski definition) is 2. The summed E-state index contributed by atoms with van der Waals surface area (Å²) in [5.74, 6) is 0.201. The van der Waals surface area contributed by atoms with E-state index in [1.54, 1.807) is 12.1 Å². The molecule has 0 bridgehead atoms. The Morgan fingerprint density at radius 3 is 2.71 bits per heavy atom. The third-order valence-electron chi connectivity index (χ3n) is 3.42. The minimum absolute atomic E-state index is 0.258. The van der Waals surface area contributed by atoms with Crippen LogP contribution in [0, 0.1) is 11.2 Å². The fraction of sp³-hybridized carbons (Fsp3) is 0.429. The summed E-state index contributed by atoms with van der Waals surface area (Å²) in [6, 6.07) is 6.06. The molecule has 1 heterocycles. The first-order valence-corrected chi connectivity index (χ1v) is 5.81.